The monoisotopic (exact) mass is 562 g/mol. The average molecular weight is 564 g/mol. The number of hydrogen-bond acceptors (Lipinski definition) is 4. The largest absolute Gasteiger partial charge is 0.486 e. The molecule has 0 bridgehead atoms. The van der Waals surface area contributed by atoms with E-state index in [0.29, 0.717) is 26.9 Å². The van der Waals surface area contributed by atoms with Crippen molar-refractivity contribution in [2.75, 3.05) is 4.90 Å². The lowest BCUT2D eigenvalue weighted by Crippen LogP contribution is -2.54. The number of carbonyl (C=O) groups is 3. The van der Waals surface area contributed by atoms with Gasteiger partial charge in [0.1, 0.15) is 12.2 Å². The van der Waals surface area contributed by atoms with Crippen molar-refractivity contribution in [1.29, 1.82) is 0 Å². The Kier molecular flexibility index (Phi) is 7.62. The summed E-state index contributed by atoms with van der Waals surface area (Å²) < 4.78 is 5.76. The Hall–Kier alpha value is -3.03. The van der Waals surface area contributed by atoms with Gasteiger partial charge in [0.05, 0.1) is 15.7 Å². The van der Waals surface area contributed by atoms with Gasteiger partial charge in [-0.25, -0.2) is 9.69 Å². The molecule has 3 aromatic rings. The molecule has 0 atom stereocenters. The van der Waals surface area contributed by atoms with Crippen LogP contribution in [0, 0.1) is 13.8 Å². The van der Waals surface area contributed by atoms with Crippen molar-refractivity contribution >= 4 is 76.0 Å². The molecule has 4 amide bonds. The fourth-order valence-electron chi connectivity index (χ4n) is 3.73. The molecule has 4 rings (SSSR count). The third-order valence-corrected chi connectivity index (χ3v) is 6.43. The van der Waals surface area contributed by atoms with Crippen molar-refractivity contribution in [2.45, 2.75) is 20.5 Å². The number of aryl methyl sites for hydroxylation is 2. The molecule has 1 saturated heterocycles. The zero-order valence-electron chi connectivity index (χ0n) is 19.0. The van der Waals surface area contributed by atoms with Crippen molar-refractivity contribution in [3.05, 3.63) is 96.4 Å². The van der Waals surface area contributed by atoms with Crippen molar-refractivity contribution in [3.8, 4) is 5.75 Å². The number of nitrogens with one attached hydrogen (secondary N) is 1. The maximum absolute atomic E-state index is 13.2. The van der Waals surface area contributed by atoms with E-state index in [9.17, 15) is 14.4 Å². The minimum absolute atomic E-state index is 0.0871. The molecule has 184 valence electrons. The Morgan fingerprint density at radius 2 is 1.50 bits per heavy atom. The number of amides is 4. The molecule has 1 heterocycles. The second kappa shape index (κ2) is 10.5. The predicted molar refractivity (Wildman–Crippen MR) is 142 cm³/mol. The number of anilines is 1. The number of barbiturate groups is 1. The highest BCUT2D eigenvalue weighted by Gasteiger charge is 2.37. The molecule has 6 nitrogen and oxygen atoms in total. The van der Waals surface area contributed by atoms with Crippen LogP contribution >= 0.6 is 46.4 Å². The molecule has 0 saturated carbocycles. The zero-order valence-corrected chi connectivity index (χ0v) is 22.0. The summed E-state index contributed by atoms with van der Waals surface area (Å²) in [5.41, 5.74) is 2.89. The van der Waals surface area contributed by atoms with Crippen LogP contribution in [0.4, 0.5) is 10.5 Å². The quantitative estimate of drug-likeness (QED) is 0.264. The first-order valence-corrected chi connectivity index (χ1v) is 12.1. The van der Waals surface area contributed by atoms with E-state index in [1.165, 1.54) is 18.2 Å². The number of rotatable bonds is 5. The summed E-state index contributed by atoms with van der Waals surface area (Å²) in [7, 11) is 0. The van der Waals surface area contributed by atoms with E-state index in [2.05, 4.69) is 5.32 Å². The van der Waals surface area contributed by atoms with Gasteiger partial charge in [0, 0.05) is 15.6 Å². The Morgan fingerprint density at radius 3 is 2.11 bits per heavy atom. The first-order valence-electron chi connectivity index (χ1n) is 10.6. The van der Waals surface area contributed by atoms with Crippen LogP contribution in [0.5, 0.6) is 5.75 Å². The average Bonchev–Trinajstić information content (AvgIpc) is 2.76. The maximum atomic E-state index is 13.2. The number of urea groups is 1. The summed E-state index contributed by atoms with van der Waals surface area (Å²) in [6.07, 6.45) is 1.32. The number of carbonyl (C=O) groups excluding carboxylic acids is 3. The van der Waals surface area contributed by atoms with E-state index < -0.39 is 17.8 Å². The normalized spacial score (nSPS) is 14.9. The van der Waals surface area contributed by atoms with Gasteiger partial charge in [0.25, 0.3) is 11.8 Å². The molecule has 1 fully saturated rings. The Labute approximate surface area is 227 Å². The minimum Gasteiger partial charge on any atom is -0.486 e. The van der Waals surface area contributed by atoms with Crippen LogP contribution in [0.3, 0.4) is 0 Å². The van der Waals surface area contributed by atoms with Gasteiger partial charge in [0.2, 0.25) is 0 Å². The van der Waals surface area contributed by atoms with E-state index in [0.717, 1.165) is 16.0 Å². The van der Waals surface area contributed by atoms with E-state index in [-0.39, 0.29) is 28.0 Å². The first kappa shape index (κ1) is 26.0. The minimum atomic E-state index is -0.826. The van der Waals surface area contributed by atoms with Crippen LogP contribution < -0.4 is 15.0 Å². The molecule has 10 heteroatoms. The van der Waals surface area contributed by atoms with Gasteiger partial charge >= 0.3 is 6.03 Å². The SMILES string of the molecule is Cc1cc(C)cc(N2C(=O)NC(=O)/C(=C\c3cc(Cl)c(OCc4ccc(Cl)cc4Cl)c(Cl)c3)C2=O)c1. The summed E-state index contributed by atoms with van der Waals surface area (Å²) in [5, 5.41) is 3.45. The molecule has 36 heavy (non-hydrogen) atoms. The van der Waals surface area contributed by atoms with Crippen LogP contribution in [-0.2, 0) is 16.2 Å². The van der Waals surface area contributed by atoms with E-state index in [1.54, 1.807) is 30.3 Å². The molecule has 0 radical (unpaired) electrons. The second-order valence-electron chi connectivity index (χ2n) is 8.14. The highest BCUT2D eigenvalue weighted by molar-refractivity contribution is 6.40. The van der Waals surface area contributed by atoms with Crippen molar-refractivity contribution in [3.63, 3.8) is 0 Å². The second-order valence-corrected chi connectivity index (χ2v) is 9.80. The number of benzene rings is 3. The highest BCUT2D eigenvalue weighted by Crippen LogP contribution is 2.36. The van der Waals surface area contributed by atoms with Crippen LogP contribution in [-0.4, -0.2) is 17.8 Å². The molecule has 0 aliphatic carbocycles. The van der Waals surface area contributed by atoms with Crippen molar-refractivity contribution < 1.29 is 19.1 Å². The van der Waals surface area contributed by atoms with Crippen LogP contribution in [0.25, 0.3) is 6.08 Å². The molecule has 0 unspecified atom stereocenters. The molecular formula is C26H18Cl4N2O4. The van der Waals surface area contributed by atoms with Crippen LogP contribution in [0.1, 0.15) is 22.3 Å². The smallest absolute Gasteiger partial charge is 0.335 e. The van der Waals surface area contributed by atoms with Crippen LogP contribution in [0.15, 0.2) is 54.1 Å². The fraction of sp³-hybridized carbons (Fsp3) is 0.115. The van der Waals surface area contributed by atoms with Gasteiger partial charge in [-0.3, -0.25) is 14.9 Å². The predicted octanol–water partition coefficient (Wildman–Crippen LogP) is 7.16. The van der Waals surface area contributed by atoms with Crippen molar-refractivity contribution in [1.82, 2.24) is 5.32 Å². The molecule has 1 aliphatic heterocycles. The third kappa shape index (κ3) is 5.52. The van der Waals surface area contributed by atoms with E-state index in [4.69, 9.17) is 51.1 Å². The molecule has 1 aliphatic rings. The highest BCUT2D eigenvalue weighted by atomic mass is 35.5. The number of hydrogen-bond donors (Lipinski definition) is 1. The van der Waals surface area contributed by atoms with Gasteiger partial charge in [0.15, 0.2) is 5.75 Å². The molecule has 1 N–H and O–H groups in total. The van der Waals surface area contributed by atoms with Crippen molar-refractivity contribution in [2.24, 2.45) is 0 Å². The third-order valence-electron chi connectivity index (χ3n) is 5.29. The van der Waals surface area contributed by atoms with Gasteiger partial charge in [-0.05, 0) is 73.0 Å². The molecule has 0 aromatic heterocycles. The number of ether oxygens (including phenoxy) is 1. The maximum Gasteiger partial charge on any atom is 0.335 e. The summed E-state index contributed by atoms with van der Waals surface area (Å²) in [4.78, 5) is 39.1. The lowest BCUT2D eigenvalue weighted by atomic mass is 10.1. The summed E-state index contributed by atoms with van der Waals surface area (Å²) >= 11 is 24.9. The van der Waals surface area contributed by atoms with Gasteiger partial charge in [-0.1, -0.05) is 58.5 Å². The fourth-order valence-corrected chi connectivity index (χ4v) is 4.80. The summed E-state index contributed by atoms with van der Waals surface area (Å²) in [5.74, 6) is -1.38. The lowest BCUT2D eigenvalue weighted by Gasteiger charge is -2.27. The number of nitrogens with zero attached hydrogens (tertiary/aromatic N) is 1. The number of halogens is 4. The molecular weight excluding hydrogens is 546 g/mol. The Bertz CT molecular complexity index is 1410. The lowest BCUT2D eigenvalue weighted by molar-refractivity contribution is -0.122. The summed E-state index contributed by atoms with van der Waals surface area (Å²) in [6, 6.07) is 12.5. The van der Waals surface area contributed by atoms with Crippen LogP contribution in [0.2, 0.25) is 20.1 Å². The standard InChI is InChI=1S/C26H18Cl4N2O4/c1-13-5-14(2)7-18(6-13)32-25(34)19(24(33)31-26(32)35)8-15-9-21(29)23(22(30)10-15)36-12-16-3-4-17(27)11-20(16)28/h3-11H,12H2,1-2H3,(H,31,33,35)/b19-8+. The van der Waals surface area contributed by atoms with E-state index in [1.807, 2.05) is 19.9 Å². The van der Waals surface area contributed by atoms with Gasteiger partial charge in [-0.15, -0.1) is 0 Å². The zero-order chi connectivity index (χ0) is 26.1. The Morgan fingerprint density at radius 1 is 0.861 bits per heavy atom. The van der Waals surface area contributed by atoms with Gasteiger partial charge in [-0.2, -0.15) is 0 Å². The van der Waals surface area contributed by atoms with E-state index >= 15 is 0 Å². The Balaban J connectivity index is 1.62. The number of imide groups is 2. The topological polar surface area (TPSA) is 75.7 Å². The first-order chi connectivity index (χ1) is 17.0. The summed E-state index contributed by atoms with van der Waals surface area (Å²) in [6.45, 7) is 3.78. The molecule has 3 aromatic carbocycles. The van der Waals surface area contributed by atoms with Gasteiger partial charge < -0.3 is 4.74 Å². The molecule has 0 spiro atoms.